The maximum atomic E-state index is 12.8. The van der Waals surface area contributed by atoms with E-state index in [1.54, 1.807) is 0 Å². The number of carbonyl (C=O) groups excluding carboxylic acids is 2. The molecule has 5 nitrogen and oxygen atoms in total. The van der Waals surface area contributed by atoms with Gasteiger partial charge in [-0.2, -0.15) is 0 Å². The van der Waals surface area contributed by atoms with E-state index in [0.717, 1.165) is 154 Å². The van der Waals surface area contributed by atoms with E-state index >= 15 is 0 Å². The molecule has 0 N–H and O–H groups in total. The maximum Gasteiger partial charge on any atom is 0.306 e. The van der Waals surface area contributed by atoms with Crippen LogP contribution < -0.4 is 0 Å². The van der Waals surface area contributed by atoms with Gasteiger partial charge < -0.3 is 14.2 Å². The third-order valence-corrected chi connectivity index (χ3v) is 10.7. The number of allylic oxidation sites excluding steroid dienone is 22. The molecule has 1 atom stereocenters. The van der Waals surface area contributed by atoms with Gasteiger partial charge in [-0.25, -0.2) is 0 Å². The van der Waals surface area contributed by atoms with Crippen LogP contribution in [-0.4, -0.2) is 37.9 Å². The second kappa shape index (κ2) is 55.4. The molecule has 0 aliphatic carbocycles. The van der Waals surface area contributed by atoms with Crippen LogP contribution in [0, 0.1) is 0 Å². The molecule has 0 spiro atoms. The van der Waals surface area contributed by atoms with E-state index in [0.29, 0.717) is 19.4 Å². The lowest BCUT2D eigenvalue weighted by Gasteiger charge is -2.18. The van der Waals surface area contributed by atoms with Gasteiger partial charge in [0, 0.05) is 19.4 Å². The number of carbonyl (C=O) groups is 2. The fraction of sp³-hybridized carbons (Fsp3) is 0.607. The van der Waals surface area contributed by atoms with Gasteiger partial charge in [0.1, 0.15) is 6.61 Å². The van der Waals surface area contributed by atoms with Gasteiger partial charge in [-0.3, -0.25) is 9.59 Å². The molecule has 0 amide bonds. The lowest BCUT2D eigenvalue weighted by Crippen LogP contribution is -2.30. The molecule has 0 fully saturated rings. The van der Waals surface area contributed by atoms with E-state index in [4.69, 9.17) is 14.2 Å². The molecule has 0 aromatic heterocycles. The summed E-state index contributed by atoms with van der Waals surface area (Å²) < 4.78 is 17.4. The lowest BCUT2D eigenvalue weighted by atomic mass is 10.1. The highest BCUT2D eigenvalue weighted by atomic mass is 16.6. The lowest BCUT2D eigenvalue weighted by molar-refractivity contribution is -0.163. The fourth-order valence-electron chi connectivity index (χ4n) is 6.80. The molecule has 0 aliphatic rings. The Labute approximate surface area is 407 Å². The minimum atomic E-state index is -0.577. The molecular formula is C61H98O5. The van der Waals surface area contributed by atoms with E-state index in [-0.39, 0.29) is 25.2 Å². The monoisotopic (exact) mass is 911 g/mol. The van der Waals surface area contributed by atoms with E-state index in [9.17, 15) is 9.59 Å². The largest absolute Gasteiger partial charge is 0.462 e. The average Bonchev–Trinajstić information content (AvgIpc) is 3.32. The van der Waals surface area contributed by atoms with E-state index < -0.39 is 6.10 Å². The number of unbranched alkanes of at least 4 members (excludes halogenated alkanes) is 14. The molecule has 0 aromatic carbocycles. The van der Waals surface area contributed by atoms with Crippen molar-refractivity contribution >= 4 is 11.9 Å². The minimum absolute atomic E-state index is 0.0493. The SMILES string of the molecule is CC/C=C\C/C=C\C/C=C\C/C=C\CCCCCCCCC(=O)OCC(COCCCCCC/C=C\C/C=C\C/C=C\CC)OC(=O)CCCCCC/C=C\C/C=C\C/C=C\C/C=C\CC. The molecular weight excluding hydrogens is 813 g/mol. The Bertz CT molecular complexity index is 1400. The van der Waals surface area contributed by atoms with Crippen LogP contribution in [0.3, 0.4) is 0 Å². The fourth-order valence-corrected chi connectivity index (χ4v) is 6.80. The molecule has 0 aromatic rings. The van der Waals surface area contributed by atoms with Gasteiger partial charge >= 0.3 is 11.9 Å². The topological polar surface area (TPSA) is 61.8 Å². The Morgan fingerprint density at radius 1 is 0.333 bits per heavy atom. The van der Waals surface area contributed by atoms with Crippen LogP contribution in [0.5, 0.6) is 0 Å². The Kier molecular flexibility index (Phi) is 52.0. The summed E-state index contributed by atoms with van der Waals surface area (Å²) in [6.45, 7) is 7.38. The molecule has 66 heavy (non-hydrogen) atoms. The van der Waals surface area contributed by atoms with Gasteiger partial charge in [-0.15, -0.1) is 0 Å². The van der Waals surface area contributed by atoms with Gasteiger partial charge in [-0.1, -0.05) is 206 Å². The summed E-state index contributed by atoms with van der Waals surface area (Å²) in [4.78, 5) is 25.5. The first-order chi connectivity index (χ1) is 32.6. The molecule has 0 radical (unpaired) electrons. The highest BCUT2D eigenvalue weighted by Crippen LogP contribution is 2.12. The van der Waals surface area contributed by atoms with Gasteiger partial charge in [0.05, 0.1) is 6.61 Å². The van der Waals surface area contributed by atoms with Crippen molar-refractivity contribution in [2.24, 2.45) is 0 Å². The Balaban J connectivity index is 4.40. The molecule has 0 saturated heterocycles. The van der Waals surface area contributed by atoms with Crippen molar-refractivity contribution in [3.05, 3.63) is 134 Å². The van der Waals surface area contributed by atoms with Gasteiger partial charge in [-0.05, 0) is 128 Å². The van der Waals surface area contributed by atoms with Crippen LogP contribution in [0.1, 0.15) is 213 Å². The number of esters is 2. The Morgan fingerprint density at radius 3 is 1.02 bits per heavy atom. The summed E-state index contributed by atoms with van der Waals surface area (Å²) in [6.07, 6.45) is 78.9. The highest BCUT2D eigenvalue weighted by Gasteiger charge is 2.17. The Morgan fingerprint density at radius 2 is 0.636 bits per heavy atom. The molecule has 0 saturated carbocycles. The number of rotatable bonds is 47. The van der Waals surface area contributed by atoms with Crippen LogP contribution in [0.2, 0.25) is 0 Å². The van der Waals surface area contributed by atoms with E-state index in [1.165, 1.54) is 25.7 Å². The van der Waals surface area contributed by atoms with Crippen LogP contribution in [-0.2, 0) is 23.8 Å². The molecule has 5 heteroatoms. The third-order valence-electron chi connectivity index (χ3n) is 10.7. The molecule has 0 bridgehead atoms. The van der Waals surface area contributed by atoms with Crippen LogP contribution in [0.25, 0.3) is 0 Å². The molecule has 372 valence electrons. The number of ether oxygens (including phenoxy) is 3. The third kappa shape index (κ3) is 52.7. The van der Waals surface area contributed by atoms with Gasteiger partial charge in [0.25, 0.3) is 0 Å². The van der Waals surface area contributed by atoms with Crippen molar-refractivity contribution in [3.8, 4) is 0 Å². The van der Waals surface area contributed by atoms with Crippen molar-refractivity contribution in [2.45, 2.75) is 219 Å². The zero-order valence-corrected chi connectivity index (χ0v) is 42.7. The summed E-state index contributed by atoms with van der Waals surface area (Å²) in [5, 5.41) is 0. The summed E-state index contributed by atoms with van der Waals surface area (Å²) in [7, 11) is 0. The van der Waals surface area contributed by atoms with E-state index in [1.807, 2.05) is 0 Å². The van der Waals surface area contributed by atoms with Crippen molar-refractivity contribution in [3.63, 3.8) is 0 Å². The normalized spacial score (nSPS) is 13.3. The molecule has 0 aliphatic heterocycles. The first-order valence-corrected chi connectivity index (χ1v) is 26.7. The first kappa shape index (κ1) is 62.0. The maximum absolute atomic E-state index is 12.8. The Hall–Kier alpha value is -3.96. The van der Waals surface area contributed by atoms with Gasteiger partial charge in [0.2, 0.25) is 0 Å². The summed E-state index contributed by atoms with van der Waals surface area (Å²) in [5.41, 5.74) is 0. The zero-order valence-electron chi connectivity index (χ0n) is 42.7. The van der Waals surface area contributed by atoms with Crippen molar-refractivity contribution in [1.29, 1.82) is 0 Å². The molecule has 0 heterocycles. The first-order valence-electron chi connectivity index (χ1n) is 26.7. The van der Waals surface area contributed by atoms with Crippen molar-refractivity contribution < 1.29 is 23.8 Å². The standard InChI is InChI=1S/C61H98O5/c1-4-7-10-13-16-19-22-25-28-30-31-33-34-36-39-42-45-48-51-54-60(62)65-58-59(57-64-56-53-50-47-44-41-38-27-24-21-18-15-12-9-6-3)66-61(63)55-52-49-46-43-40-37-35-32-29-26-23-20-17-14-11-8-5-2/h7-12,16-21,25-29,31,33,35,37-38,59H,4-6,13-15,22-24,30,32,34,36,39-58H2,1-3H3/b10-7-,11-8-,12-9-,19-16-,20-17-,21-18-,28-25-,29-26-,33-31-,37-35-,38-27-. The summed E-state index contributed by atoms with van der Waals surface area (Å²) >= 11 is 0. The second-order valence-electron chi connectivity index (χ2n) is 17.0. The predicted octanol–water partition coefficient (Wildman–Crippen LogP) is 18.3. The van der Waals surface area contributed by atoms with Crippen LogP contribution in [0.15, 0.2) is 134 Å². The minimum Gasteiger partial charge on any atom is -0.462 e. The van der Waals surface area contributed by atoms with Crippen molar-refractivity contribution in [1.82, 2.24) is 0 Å². The summed E-state index contributed by atoms with van der Waals surface area (Å²) in [5.74, 6) is -0.463. The quantitative estimate of drug-likeness (QED) is 0.0346. The average molecular weight is 911 g/mol. The smallest absolute Gasteiger partial charge is 0.306 e. The van der Waals surface area contributed by atoms with Crippen LogP contribution >= 0.6 is 0 Å². The van der Waals surface area contributed by atoms with Gasteiger partial charge in [0.15, 0.2) is 6.10 Å². The predicted molar refractivity (Wildman–Crippen MR) is 288 cm³/mol. The highest BCUT2D eigenvalue weighted by molar-refractivity contribution is 5.70. The number of hydrogen-bond acceptors (Lipinski definition) is 5. The zero-order chi connectivity index (χ0) is 47.7. The second-order valence-corrected chi connectivity index (χ2v) is 17.0. The van der Waals surface area contributed by atoms with Crippen LogP contribution in [0.4, 0.5) is 0 Å². The molecule has 0 rings (SSSR count). The van der Waals surface area contributed by atoms with E-state index in [2.05, 4.69) is 154 Å². The molecule has 1 unspecified atom stereocenters. The summed E-state index contributed by atoms with van der Waals surface area (Å²) in [6, 6.07) is 0. The van der Waals surface area contributed by atoms with Crippen molar-refractivity contribution in [2.75, 3.05) is 19.8 Å². The number of hydrogen-bond donors (Lipinski definition) is 0.